The van der Waals surface area contributed by atoms with Crippen LogP contribution in [0.15, 0.2) is 27.4 Å². The van der Waals surface area contributed by atoms with Gasteiger partial charge in [0.2, 0.25) is 0 Å². The van der Waals surface area contributed by atoms with Crippen LogP contribution >= 0.6 is 11.3 Å². The topological polar surface area (TPSA) is 38.1 Å². The van der Waals surface area contributed by atoms with E-state index in [1.165, 1.54) is 0 Å². The van der Waals surface area contributed by atoms with Gasteiger partial charge in [-0.1, -0.05) is 5.16 Å². The van der Waals surface area contributed by atoms with Gasteiger partial charge in [-0.25, -0.2) is 0 Å². The van der Waals surface area contributed by atoms with Crippen molar-refractivity contribution in [1.29, 1.82) is 0 Å². The number of hydrogen-bond acceptors (Lipinski definition) is 4. The molecule has 3 nitrogen and oxygen atoms in total. The molecule has 0 aliphatic carbocycles. The molecule has 0 aliphatic heterocycles. The van der Waals surface area contributed by atoms with Crippen LogP contribution in [0.25, 0.3) is 11.3 Å². The highest BCUT2D eigenvalue weighted by Gasteiger charge is 2.05. The van der Waals surface area contributed by atoms with E-state index in [1.807, 2.05) is 29.9 Å². The van der Waals surface area contributed by atoms with Gasteiger partial charge in [0, 0.05) is 23.6 Å². The van der Waals surface area contributed by atoms with Crippen LogP contribution < -0.4 is 5.32 Å². The van der Waals surface area contributed by atoms with E-state index in [1.54, 1.807) is 11.3 Å². The standard InChI is InChI=1S/C9H10N2OS/c1-10-5-8-4-9(12-11-8)7-2-3-13-6-7/h2-4,6,10H,5H2,1H3. The normalized spacial score (nSPS) is 10.5. The third-order valence-electron chi connectivity index (χ3n) is 1.72. The van der Waals surface area contributed by atoms with Gasteiger partial charge in [0.15, 0.2) is 5.76 Å². The summed E-state index contributed by atoms with van der Waals surface area (Å²) in [5.41, 5.74) is 2.03. The van der Waals surface area contributed by atoms with Gasteiger partial charge in [0.05, 0.1) is 5.69 Å². The summed E-state index contributed by atoms with van der Waals surface area (Å²) in [7, 11) is 1.89. The zero-order valence-corrected chi connectivity index (χ0v) is 8.10. The van der Waals surface area contributed by atoms with E-state index < -0.39 is 0 Å². The van der Waals surface area contributed by atoms with E-state index in [9.17, 15) is 0 Å². The Kier molecular flexibility index (Phi) is 2.42. The number of rotatable bonds is 3. The molecule has 0 radical (unpaired) electrons. The predicted molar refractivity (Wildman–Crippen MR) is 52.6 cm³/mol. The van der Waals surface area contributed by atoms with Gasteiger partial charge in [-0.05, 0) is 18.5 Å². The summed E-state index contributed by atoms with van der Waals surface area (Å²) in [6.07, 6.45) is 0. The van der Waals surface area contributed by atoms with Crippen LogP contribution in [0.5, 0.6) is 0 Å². The molecule has 0 fully saturated rings. The van der Waals surface area contributed by atoms with Gasteiger partial charge in [-0.15, -0.1) is 0 Å². The first kappa shape index (κ1) is 8.47. The molecule has 2 aromatic rings. The molecule has 0 bridgehead atoms. The van der Waals surface area contributed by atoms with Crippen LogP contribution in [-0.4, -0.2) is 12.2 Å². The molecule has 68 valence electrons. The quantitative estimate of drug-likeness (QED) is 0.813. The lowest BCUT2D eigenvalue weighted by atomic mass is 10.2. The molecule has 0 atom stereocenters. The summed E-state index contributed by atoms with van der Waals surface area (Å²) < 4.78 is 5.18. The summed E-state index contributed by atoms with van der Waals surface area (Å²) in [6.45, 7) is 0.744. The molecule has 13 heavy (non-hydrogen) atoms. The second-order valence-electron chi connectivity index (χ2n) is 2.72. The van der Waals surface area contributed by atoms with E-state index in [0.717, 1.165) is 23.6 Å². The summed E-state index contributed by atoms with van der Waals surface area (Å²) in [4.78, 5) is 0. The Morgan fingerprint density at radius 2 is 2.54 bits per heavy atom. The molecule has 1 N–H and O–H groups in total. The van der Waals surface area contributed by atoms with Crippen molar-refractivity contribution in [2.45, 2.75) is 6.54 Å². The maximum Gasteiger partial charge on any atom is 0.168 e. The summed E-state index contributed by atoms with van der Waals surface area (Å²) in [5.74, 6) is 0.839. The lowest BCUT2D eigenvalue weighted by Crippen LogP contribution is -2.04. The molecule has 2 aromatic heterocycles. The van der Waals surface area contributed by atoms with E-state index in [2.05, 4.69) is 10.5 Å². The fourth-order valence-corrected chi connectivity index (χ4v) is 1.76. The molecule has 0 unspecified atom stereocenters. The smallest absolute Gasteiger partial charge is 0.168 e. The maximum atomic E-state index is 5.18. The molecule has 2 rings (SSSR count). The number of nitrogens with one attached hydrogen (secondary N) is 1. The number of hydrogen-bond donors (Lipinski definition) is 1. The molecule has 0 saturated carbocycles. The van der Waals surface area contributed by atoms with Gasteiger partial charge in [-0.3, -0.25) is 0 Å². The maximum absolute atomic E-state index is 5.18. The van der Waals surface area contributed by atoms with Crippen LogP contribution in [0.2, 0.25) is 0 Å². The minimum Gasteiger partial charge on any atom is -0.356 e. The minimum atomic E-state index is 0.744. The highest BCUT2D eigenvalue weighted by atomic mass is 32.1. The third kappa shape index (κ3) is 1.79. The molecule has 0 saturated heterocycles. The van der Waals surface area contributed by atoms with Crippen LogP contribution in [0, 0.1) is 0 Å². The molecule has 4 heteroatoms. The Morgan fingerprint density at radius 3 is 3.23 bits per heavy atom. The zero-order chi connectivity index (χ0) is 9.10. The largest absolute Gasteiger partial charge is 0.356 e. The van der Waals surface area contributed by atoms with E-state index in [0.29, 0.717) is 0 Å². The van der Waals surface area contributed by atoms with Crippen molar-refractivity contribution < 1.29 is 4.52 Å². The fraction of sp³-hybridized carbons (Fsp3) is 0.222. The first-order valence-corrected chi connectivity index (χ1v) is 4.97. The van der Waals surface area contributed by atoms with Crippen LogP contribution in [0.4, 0.5) is 0 Å². The van der Waals surface area contributed by atoms with Crippen LogP contribution in [-0.2, 0) is 6.54 Å². The van der Waals surface area contributed by atoms with Gasteiger partial charge >= 0.3 is 0 Å². The second kappa shape index (κ2) is 3.72. The third-order valence-corrected chi connectivity index (χ3v) is 2.41. The Bertz CT molecular complexity index is 367. The minimum absolute atomic E-state index is 0.744. The van der Waals surface area contributed by atoms with E-state index >= 15 is 0 Å². The van der Waals surface area contributed by atoms with E-state index in [4.69, 9.17) is 4.52 Å². The van der Waals surface area contributed by atoms with Crippen molar-refractivity contribution in [3.8, 4) is 11.3 Å². The molecule has 2 heterocycles. The van der Waals surface area contributed by atoms with Crippen molar-refractivity contribution in [1.82, 2.24) is 10.5 Å². The van der Waals surface area contributed by atoms with Crippen molar-refractivity contribution in [2.24, 2.45) is 0 Å². The lowest BCUT2D eigenvalue weighted by molar-refractivity contribution is 0.421. The highest BCUT2D eigenvalue weighted by Crippen LogP contribution is 2.22. The first-order chi connectivity index (χ1) is 6.40. The Balaban J connectivity index is 2.23. The Labute approximate surface area is 80.4 Å². The number of aromatic nitrogens is 1. The van der Waals surface area contributed by atoms with Gasteiger partial charge in [0.25, 0.3) is 0 Å². The van der Waals surface area contributed by atoms with Crippen molar-refractivity contribution in [3.05, 3.63) is 28.6 Å². The monoisotopic (exact) mass is 194 g/mol. The van der Waals surface area contributed by atoms with Crippen LogP contribution in [0.1, 0.15) is 5.69 Å². The summed E-state index contributed by atoms with van der Waals surface area (Å²) in [6, 6.07) is 3.98. The average molecular weight is 194 g/mol. The Morgan fingerprint density at radius 1 is 1.62 bits per heavy atom. The molecular formula is C9H10N2OS. The molecular weight excluding hydrogens is 184 g/mol. The molecule has 0 amide bonds. The van der Waals surface area contributed by atoms with Gasteiger partial charge < -0.3 is 9.84 Å². The average Bonchev–Trinajstić information content (AvgIpc) is 2.70. The fourth-order valence-electron chi connectivity index (χ4n) is 1.12. The van der Waals surface area contributed by atoms with Gasteiger partial charge in [0.1, 0.15) is 0 Å². The molecule has 0 aromatic carbocycles. The zero-order valence-electron chi connectivity index (χ0n) is 7.28. The SMILES string of the molecule is CNCc1cc(-c2ccsc2)on1. The number of thiophene rings is 1. The lowest BCUT2D eigenvalue weighted by Gasteiger charge is -1.87. The summed E-state index contributed by atoms with van der Waals surface area (Å²) in [5, 5.41) is 11.0. The highest BCUT2D eigenvalue weighted by molar-refractivity contribution is 7.08. The second-order valence-corrected chi connectivity index (χ2v) is 3.50. The number of nitrogens with zero attached hydrogens (tertiary/aromatic N) is 1. The first-order valence-electron chi connectivity index (χ1n) is 4.03. The molecule has 0 spiro atoms. The van der Waals surface area contributed by atoms with Crippen LogP contribution in [0.3, 0.4) is 0 Å². The Hall–Kier alpha value is -1.13. The summed E-state index contributed by atoms with van der Waals surface area (Å²) >= 11 is 1.65. The van der Waals surface area contributed by atoms with Crippen molar-refractivity contribution in [3.63, 3.8) is 0 Å². The van der Waals surface area contributed by atoms with Crippen molar-refractivity contribution in [2.75, 3.05) is 7.05 Å². The predicted octanol–water partition coefficient (Wildman–Crippen LogP) is 2.12. The molecule has 0 aliphatic rings. The van der Waals surface area contributed by atoms with Gasteiger partial charge in [-0.2, -0.15) is 11.3 Å². The van der Waals surface area contributed by atoms with E-state index in [-0.39, 0.29) is 0 Å². The van der Waals surface area contributed by atoms with Crippen molar-refractivity contribution >= 4 is 11.3 Å².